The molecular formula is C18H32FN3O. The van der Waals surface area contributed by atoms with E-state index in [4.69, 9.17) is 11.5 Å². The monoisotopic (exact) mass is 325 g/mol. The summed E-state index contributed by atoms with van der Waals surface area (Å²) < 4.78 is 14.4. The maximum atomic E-state index is 14.4. The molecule has 4 N–H and O–H groups in total. The maximum Gasteiger partial charge on any atom is 0.137 e. The third-order valence-electron chi connectivity index (χ3n) is 6.29. The van der Waals surface area contributed by atoms with Crippen LogP contribution < -0.4 is 11.5 Å². The molecule has 1 saturated carbocycles. The van der Waals surface area contributed by atoms with Crippen molar-refractivity contribution >= 4 is 12.0 Å². The van der Waals surface area contributed by atoms with Crippen LogP contribution in [0.15, 0.2) is 4.99 Å². The minimum absolute atomic E-state index is 0.0495. The molecule has 0 amide bonds. The van der Waals surface area contributed by atoms with Gasteiger partial charge in [0.05, 0.1) is 18.1 Å². The van der Waals surface area contributed by atoms with Crippen LogP contribution in [0.5, 0.6) is 0 Å². The van der Waals surface area contributed by atoms with Gasteiger partial charge >= 0.3 is 0 Å². The van der Waals surface area contributed by atoms with Crippen LogP contribution in [0.2, 0.25) is 0 Å². The Morgan fingerprint density at radius 2 is 2.04 bits per heavy atom. The molecule has 132 valence electrons. The van der Waals surface area contributed by atoms with Crippen LogP contribution in [0.25, 0.3) is 0 Å². The number of carbonyl (C=O) groups is 1. The van der Waals surface area contributed by atoms with Gasteiger partial charge in [-0.05, 0) is 49.9 Å². The number of carbonyl (C=O) groups excluding carboxylic acids is 1. The smallest absolute Gasteiger partial charge is 0.137 e. The minimum Gasteiger partial charge on any atom is -0.315 e. The Kier molecular flexibility index (Phi) is 5.62. The van der Waals surface area contributed by atoms with Crippen molar-refractivity contribution in [2.45, 2.75) is 84.1 Å². The van der Waals surface area contributed by atoms with Crippen LogP contribution in [-0.4, -0.2) is 30.4 Å². The maximum absolute atomic E-state index is 14.4. The van der Waals surface area contributed by atoms with Crippen LogP contribution in [0.4, 0.5) is 4.39 Å². The summed E-state index contributed by atoms with van der Waals surface area (Å²) in [4.78, 5) is 16.4. The lowest BCUT2D eigenvalue weighted by molar-refractivity contribution is -0.122. The Bertz CT molecular complexity index is 467. The summed E-state index contributed by atoms with van der Waals surface area (Å²) in [5.41, 5.74) is 11.9. The highest BCUT2D eigenvalue weighted by molar-refractivity contribution is 5.80. The zero-order valence-electron chi connectivity index (χ0n) is 14.7. The highest BCUT2D eigenvalue weighted by Crippen LogP contribution is 2.73. The SMILES string of the molecule is CCCCC12CC(C(C(C)=O)C(N)N)N=CC(F)CC1(CC)C2. The van der Waals surface area contributed by atoms with Gasteiger partial charge in [0.25, 0.3) is 0 Å². The summed E-state index contributed by atoms with van der Waals surface area (Å²) >= 11 is 0. The molecule has 5 atom stereocenters. The van der Waals surface area contributed by atoms with Gasteiger partial charge in [0, 0.05) is 6.21 Å². The van der Waals surface area contributed by atoms with Gasteiger partial charge < -0.3 is 11.5 Å². The summed E-state index contributed by atoms with van der Waals surface area (Å²) in [6.07, 6.45) is 6.34. The van der Waals surface area contributed by atoms with Crippen LogP contribution in [0.1, 0.15) is 65.7 Å². The second kappa shape index (κ2) is 6.98. The molecule has 5 unspecified atom stereocenters. The van der Waals surface area contributed by atoms with Crippen molar-refractivity contribution in [2.75, 3.05) is 0 Å². The van der Waals surface area contributed by atoms with Crippen LogP contribution in [-0.2, 0) is 4.79 Å². The molecule has 0 spiro atoms. The fourth-order valence-corrected chi connectivity index (χ4v) is 4.90. The highest BCUT2D eigenvalue weighted by Gasteiger charge is 2.66. The average molecular weight is 325 g/mol. The van der Waals surface area contributed by atoms with Gasteiger partial charge in [-0.25, -0.2) is 4.39 Å². The molecule has 1 heterocycles. The second-order valence-corrected chi connectivity index (χ2v) is 7.70. The zero-order valence-corrected chi connectivity index (χ0v) is 14.7. The van der Waals surface area contributed by atoms with E-state index < -0.39 is 18.3 Å². The summed E-state index contributed by atoms with van der Waals surface area (Å²) in [6, 6.07) is -0.295. The van der Waals surface area contributed by atoms with Crippen molar-refractivity contribution in [3.8, 4) is 0 Å². The fourth-order valence-electron chi connectivity index (χ4n) is 4.90. The largest absolute Gasteiger partial charge is 0.315 e. The number of alkyl halides is 1. The average Bonchev–Trinajstić information content (AvgIpc) is 3.06. The number of fused-ring (bicyclic) bond motifs is 1. The molecule has 4 nitrogen and oxygen atoms in total. The number of hydrogen-bond donors (Lipinski definition) is 2. The Morgan fingerprint density at radius 3 is 2.57 bits per heavy atom. The standard InChI is InChI=1S/C18H32FN3O/c1-4-6-7-18-9-14(15(12(3)23)16(20)21)22-10-13(19)8-17(18,5-2)11-18/h10,13-16H,4-9,11,20-21H2,1-3H3. The Hall–Kier alpha value is -0.810. The number of unbranched alkanes of at least 4 members (excludes halogenated alkanes) is 1. The normalized spacial score (nSPS) is 37.9. The minimum atomic E-state index is -1.04. The molecule has 0 radical (unpaired) electrons. The van der Waals surface area contributed by atoms with Gasteiger partial charge in [-0.2, -0.15) is 0 Å². The molecule has 2 rings (SSSR count). The lowest BCUT2D eigenvalue weighted by atomic mass is 9.75. The molecule has 0 aromatic carbocycles. The van der Waals surface area contributed by atoms with Crippen molar-refractivity contribution in [3.63, 3.8) is 0 Å². The molecule has 0 bridgehead atoms. The molecule has 5 heteroatoms. The predicted octanol–water partition coefficient (Wildman–Crippen LogP) is 2.98. The van der Waals surface area contributed by atoms with Gasteiger partial charge in [0.1, 0.15) is 12.0 Å². The van der Waals surface area contributed by atoms with Gasteiger partial charge in [0.15, 0.2) is 0 Å². The third kappa shape index (κ3) is 3.50. The van der Waals surface area contributed by atoms with Gasteiger partial charge in [-0.3, -0.25) is 9.79 Å². The number of nitrogens with two attached hydrogens (primary N) is 2. The van der Waals surface area contributed by atoms with Crippen LogP contribution >= 0.6 is 0 Å². The van der Waals surface area contributed by atoms with E-state index in [0.717, 1.165) is 38.5 Å². The quantitative estimate of drug-likeness (QED) is 0.706. The Balaban J connectivity index is 2.32. The van der Waals surface area contributed by atoms with E-state index in [0.29, 0.717) is 6.42 Å². The zero-order chi connectivity index (χ0) is 17.3. The third-order valence-corrected chi connectivity index (χ3v) is 6.29. The lowest BCUT2D eigenvalue weighted by Gasteiger charge is -2.34. The van der Waals surface area contributed by atoms with E-state index in [1.54, 1.807) is 0 Å². The van der Waals surface area contributed by atoms with Crippen LogP contribution in [0, 0.1) is 16.7 Å². The van der Waals surface area contributed by atoms with Crippen molar-refractivity contribution in [1.29, 1.82) is 0 Å². The molecular weight excluding hydrogens is 293 g/mol. The molecule has 23 heavy (non-hydrogen) atoms. The molecule has 1 aliphatic heterocycles. The highest BCUT2D eigenvalue weighted by atomic mass is 19.1. The van der Waals surface area contributed by atoms with E-state index in [1.165, 1.54) is 13.1 Å². The Labute approximate surface area is 139 Å². The van der Waals surface area contributed by atoms with Gasteiger partial charge in [-0.1, -0.05) is 26.7 Å². The summed E-state index contributed by atoms with van der Waals surface area (Å²) in [7, 11) is 0. The Morgan fingerprint density at radius 1 is 1.35 bits per heavy atom. The number of halogens is 1. The first-order valence-electron chi connectivity index (χ1n) is 9.00. The van der Waals surface area contributed by atoms with Crippen molar-refractivity contribution in [3.05, 3.63) is 0 Å². The summed E-state index contributed by atoms with van der Waals surface area (Å²) in [6.45, 7) is 5.85. The van der Waals surface area contributed by atoms with Crippen molar-refractivity contribution in [1.82, 2.24) is 0 Å². The van der Waals surface area contributed by atoms with E-state index in [1.807, 2.05) is 0 Å². The van der Waals surface area contributed by atoms with Crippen LogP contribution in [0.3, 0.4) is 0 Å². The summed E-state index contributed by atoms with van der Waals surface area (Å²) in [5.74, 6) is -0.572. The first-order valence-corrected chi connectivity index (χ1v) is 9.00. The van der Waals surface area contributed by atoms with Crippen molar-refractivity contribution < 1.29 is 9.18 Å². The second-order valence-electron chi connectivity index (χ2n) is 7.70. The summed E-state index contributed by atoms with van der Waals surface area (Å²) in [5, 5.41) is 0. The molecule has 0 saturated heterocycles. The number of aliphatic imine (C=N–C) groups is 1. The van der Waals surface area contributed by atoms with Gasteiger partial charge in [0.2, 0.25) is 0 Å². The van der Waals surface area contributed by atoms with Gasteiger partial charge in [-0.15, -0.1) is 0 Å². The number of hydrogen-bond acceptors (Lipinski definition) is 4. The topological polar surface area (TPSA) is 81.5 Å². The van der Waals surface area contributed by atoms with E-state index in [-0.39, 0.29) is 22.7 Å². The number of rotatable bonds is 7. The number of Topliss-reactive ketones (excluding diaryl/α,β-unsaturated/α-hetero) is 1. The molecule has 1 fully saturated rings. The number of ketones is 1. The van der Waals surface area contributed by atoms with Crippen molar-refractivity contribution in [2.24, 2.45) is 33.2 Å². The van der Waals surface area contributed by atoms with E-state index in [9.17, 15) is 9.18 Å². The first kappa shape index (κ1) is 18.5. The predicted molar refractivity (Wildman–Crippen MR) is 92.0 cm³/mol. The number of nitrogens with zero attached hydrogens (tertiary/aromatic N) is 1. The van der Waals surface area contributed by atoms with E-state index in [2.05, 4.69) is 18.8 Å². The molecule has 2 aliphatic rings. The molecule has 0 aromatic heterocycles. The lowest BCUT2D eigenvalue weighted by Crippen LogP contribution is -2.48. The van der Waals surface area contributed by atoms with E-state index >= 15 is 0 Å². The molecule has 1 aliphatic carbocycles. The first-order chi connectivity index (χ1) is 10.8. The molecule has 0 aromatic rings. The fraction of sp³-hybridized carbons (Fsp3) is 0.889.